The Morgan fingerprint density at radius 2 is 1.83 bits per heavy atom. The molecule has 0 saturated carbocycles. The smallest absolute Gasteiger partial charge is 0.0723 e. The summed E-state index contributed by atoms with van der Waals surface area (Å²) in [5.41, 5.74) is 4.26. The Balaban J connectivity index is 1.91. The lowest BCUT2D eigenvalue weighted by Crippen LogP contribution is -2.06. The van der Waals surface area contributed by atoms with Gasteiger partial charge >= 0.3 is 0 Å². The van der Waals surface area contributed by atoms with E-state index < -0.39 is 0 Å². The summed E-state index contributed by atoms with van der Waals surface area (Å²) in [5.74, 6) is 0.482. The van der Waals surface area contributed by atoms with E-state index in [9.17, 15) is 0 Å². The van der Waals surface area contributed by atoms with Crippen molar-refractivity contribution in [1.29, 1.82) is 5.41 Å². The summed E-state index contributed by atoms with van der Waals surface area (Å²) in [6.45, 7) is 2.18. The van der Waals surface area contributed by atoms with Crippen LogP contribution in [0, 0.1) is 11.3 Å². The van der Waals surface area contributed by atoms with Crippen LogP contribution in [0.2, 0.25) is 0 Å². The molecule has 0 aromatic heterocycles. The highest BCUT2D eigenvalue weighted by molar-refractivity contribution is 6.15. The zero-order valence-electron chi connectivity index (χ0n) is 13.2. The van der Waals surface area contributed by atoms with Crippen LogP contribution in [0.3, 0.4) is 0 Å². The number of benzene rings is 2. The molecular weight excluding hydrogens is 280 g/mol. The molecule has 1 N–H and O–H groups in total. The quantitative estimate of drug-likeness (QED) is 0.741. The molecule has 3 rings (SSSR count). The van der Waals surface area contributed by atoms with Gasteiger partial charge in [0.1, 0.15) is 0 Å². The fourth-order valence-corrected chi connectivity index (χ4v) is 2.64. The molecule has 2 aromatic rings. The number of hydrogen-bond acceptors (Lipinski definition) is 2. The molecule has 23 heavy (non-hydrogen) atoms. The van der Waals surface area contributed by atoms with Gasteiger partial charge in [0.2, 0.25) is 0 Å². The molecule has 0 amide bonds. The summed E-state index contributed by atoms with van der Waals surface area (Å²) in [5, 5.41) is 8.54. The lowest BCUT2D eigenvalue weighted by molar-refractivity contribution is 0.733. The van der Waals surface area contributed by atoms with Gasteiger partial charge in [0.05, 0.1) is 11.4 Å². The minimum Gasteiger partial charge on any atom is -0.300 e. The van der Waals surface area contributed by atoms with E-state index in [4.69, 9.17) is 5.41 Å². The van der Waals surface area contributed by atoms with Gasteiger partial charge in [-0.05, 0) is 29.5 Å². The third-order valence-electron chi connectivity index (χ3n) is 3.88. The normalized spacial score (nSPS) is 17.3. The molecule has 0 heterocycles. The second kappa shape index (κ2) is 7.01. The van der Waals surface area contributed by atoms with Crippen molar-refractivity contribution in [2.75, 3.05) is 0 Å². The first-order valence-electron chi connectivity index (χ1n) is 7.90. The summed E-state index contributed by atoms with van der Waals surface area (Å²) >= 11 is 0. The lowest BCUT2D eigenvalue weighted by Gasteiger charge is -2.14. The molecule has 0 radical (unpaired) electrons. The Labute approximate surface area is 137 Å². The van der Waals surface area contributed by atoms with Gasteiger partial charge in [-0.3, -0.25) is 10.4 Å². The van der Waals surface area contributed by atoms with E-state index in [1.54, 1.807) is 0 Å². The molecule has 0 fully saturated rings. The predicted octanol–water partition coefficient (Wildman–Crippen LogP) is 5.33. The minimum absolute atomic E-state index is 0.482. The Hall–Kier alpha value is -2.74. The molecule has 2 heteroatoms. The van der Waals surface area contributed by atoms with Crippen LogP contribution in [0.4, 0.5) is 5.69 Å². The predicted molar refractivity (Wildman–Crippen MR) is 98.0 cm³/mol. The Morgan fingerprint density at radius 3 is 2.61 bits per heavy atom. The maximum atomic E-state index is 8.54. The van der Waals surface area contributed by atoms with Crippen molar-refractivity contribution in [2.45, 2.75) is 13.3 Å². The molecule has 1 atom stereocenters. The Morgan fingerprint density at radius 1 is 1.09 bits per heavy atom. The molecule has 2 nitrogen and oxygen atoms in total. The van der Waals surface area contributed by atoms with Gasteiger partial charge in [-0.2, -0.15) is 0 Å². The van der Waals surface area contributed by atoms with Crippen LogP contribution in [0.25, 0.3) is 0 Å². The van der Waals surface area contributed by atoms with E-state index in [1.165, 1.54) is 0 Å². The van der Waals surface area contributed by atoms with Crippen molar-refractivity contribution < 1.29 is 0 Å². The van der Waals surface area contributed by atoms with Crippen molar-refractivity contribution in [3.63, 3.8) is 0 Å². The highest BCUT2D eigenvalue weighted by atomic mass is 14.7. The topological polar surface area (TPSA) is 36.2 Å². The highest BCUT2D eigenvalue weighted by Gasteiger charge is 2.13. The van der Waals surface area contributed by atoms with Gasteiger partial charge in [0.15, 0.2) is 0 Å². The zero-order chi connectivity index (χ0) is 16.1. The Bertz CT molecular complexity index is 782. The molecule has 2 aromatic carbocycles. The van der Waals surface area contributed by atoms with Gasteiger partial charge < -0.3 is 0 Å². The minimum atomic E-state index is 0.482. The fourth-order valence-electron chi connectivity index (χ4n) is 2.64. The Kier molecular flexibility index (Phi) is 4.62. The molecule has 0 aliphatic heterocycles. The maximum Gasteiger partial charge on any atom is 0.0723 e. The molecule has 0 bridgehead atoms. The van der Waals surface area contributed by atoms with E-state index in [1.807, 2.05) is 66.9 Å². The molecule has 1 aliphatic rings. The standard InChI is InChI=1S/C21H20N2/c1-16-8-7-11-18(14-16)21(22)19-12-5-6-13-20(19)23-15-17-9-3-2-4-10-17/h2-7,9-16,22H,8H2,1H3/b22-21?,23-15+/t16-/m1/s1. The van der Waals surface area contributed by atoms with Crippen LogP contribution >= 0.6 is 0 Å². The molecule has 1 aliphatic carbocycles. The second-order valence-corrected chi connectivity index (χ2v) is 5.80. The van der Waals surface area contributed by atoms with Gasteiger partial charge in [0.25, 0.3) is 0 Å². The molecule has 114 valence electrons. The van der Waals surface area contributed by atoms with Crippen molar-refractivity contribution in [1.82, 2.24) is 0 Å². The van der Waals surface area contributed by atoms with Crippen LogP contribution in [0.1, 0.15) is 24.5 Å². The largest absolute Gasteiger partial charge is 0.300 e. The van der Waals surface area contributed by atoms with Crippen molar-refractivity contribution in [3.8, 4) is 0 Å². The average Bonchev–Trinajstić information content (AvgIpc) is 2.60. The van der Waals surface area contributed by atoms with Crippen LogP contribution in [0.5, 0.6) is 0 Å². The lowest BCUT2D eigenvalue weighted by atomic mass is 9.92. The number of para-hydroxylation sites is 1. The summed E-state index contributed by atoms with van der Waals surface area (Å²) in [4.78, 5) is 4.59. The monoisotopic (exact) mass is 300 g/mol. The molecule has 0 unspecified atom stereocenters. The number of rotatable bonds is 4. The zero-order valence-corrected chi connectivity index (χ0v) is 13.2. The summed E-state index contributed by atoms with van der Waals surface area (Å²) in [6.07, 6.45) is 9.24. The third kappa shape index (κ3) is 3.72. The molecule has 0 saturated heterocycles. The maximum absolute atomic E-state index is 8.54. The van der Waals surface area contributed by atoms with Crippen LogP contribution in [-0.2, 0) is 0 Å². The van der Waals surface area contributed by atoms with E-state index in [0.717, 1.165) is 28.8 Å². The van der Waals surface area contributed by atoms with Crippen molar-refractivity contribution in [3.05, 3.63) is 89.5 Å². The van der Waals surface area contributed by atoms with Crippen LogP contribution < -0.4 is 0 Å². The van der Waals surface area contributed by atoms with E-state index >= 15 is 0 Å². The number of allylic oxidation sites excluding steroid dienone is 4. The van der Waals surface area contributed by atoms with E-state index in [-0.39, 0.29) is 0 Å². The second-order valence-electron chi connectivity index (χ2n) is 5.80. The van der Waals surface area contributed by atoms with Crippen LogP contribution in [-0.4, -0.2) is 11.9 Å². The number of hydrogen-bond donors (Lipinski definition) is 1. The number of aliphatic imine (C=N–C) groups is 1. The number of nitrogens with one attached hydrogen (secondary N) is 1. The summed E-state index contributed by atoms with van der Waals surface area (Å²) < 4.78 is 0. The fraction of sp³-hybridized carbons (Fsp3) is 0.143. The van der Waals surface area contributed by atoms with E-state index in [2.05, 4.69) is 24.1 Å². The summed E-state index contributed by atoms with van der Waals surface area (Å²) in [6, 6.07) is 17.9. The SMILES string of the molecule is C[C@H]1C=C(C(=N)c2ccccc2/N=C/c2ccccc2)C=CC1. The highest BCUT2D eigenvalue weighted by Crippen LogP contribution is 2.25. The van der Waals surface area contributed by atoms with E-state index in [0.29, 0.717) is 11.6 Å². The molecule has 0 spiro atoms. The third-order valence-corrected chi connectivity index (χ3v) is 3.88. The van der Waals surface area contributed by atoms with Gasteiger partial charge in [-0.25, -0.2) is 0 Å². The van der Waals surface area contributed by atoms with Crippen molar-refractivity contribution in [2.24, 2.45) is 10.9 Å². The number of nitrogens with zero attached hydrogens (tertiary/aromatic N) is 1. The first-order chi connectivity index (χ1) is 11.2. The summed E-state index contributed by atoms with van der Waals surface area (Å²) in [7, 11) is 0. The first kappa shape index (κ1) is 15.2. The van der Waals surface area contributed by atoms with Gasteiger partial charge in [-0.1, -0.05) is 73.7 Å². The van der Waals surface area contributed by atoms with Crippen molar-refractivity contribution >= 4 is 17.6 Å². The average molecular weight is 300 g/mol. The van der Waals surface area contributed by atoms with Crippen LogP contribution in [0.15, 0.2) is 83.4 Å². The first-order valence-corrected chi connectivity index (χ1v) is 7.90. The van der Waals surface area contributed by atoms with Gasteiger partial charge in [0, 0.05) is 11.8 Å². The van der Waals surface area contributed by atoms with Gasteiger partial charge in [-0.15, -0.1) is 0 Å². The molecular formula is C21H20N2.